The van der Waals surface area contributed by atoms with Gasteiger partial charge in [-0.15, -0.1) is 0 Å². The van der Waals surface area contributed by atoms with Gasteiger partial charge in [0, 0.05) is 35.1 Å². The Bertz CT molecular complexity index is 304. The molecule has 1 aliphatic rings. The van der Waals surface area contributed by atoms with Gasteiger partial charge in [0.1, 0.15) is 0 Å². The predicted octanol–water partition coefficient (Wildman–Crippen LogP) is 1.45. The molecule has 2 rings (SSSR count). The molecule has 2 heterocycles. The minimum Gasteiger partial charge on any atom is -0.367 e. The molecule has 0 aromatic carbocycles. The van der Waals surface area contributed by atoms with Crippen LogP contribution in [0.25, 0.3) is 0 Å². The Balaban J connectivity index is 2.10. The van der Waals surface area contributed by atoms with Gasteiger partial charge in [0.15, 0.2) is 0 Å². The van der Waals surface area contributed by atoms with E-state index >= 15 is 0 Å². The molecule has 1 aromatic heterocycles. The molecule has 78 valence electrons. The van der Waals surface area contributed by atoms with Crippen LogP contribution in [0.2, 0.25) is 0 Å². The third-order valence-electron chi connectivity index (χ3n) is 2.12. The number of rotatable bonds is 1. The average molecular weight is 230 g/mol. The van der Waals surface area contributed by atoms with Crippen molar-refractivity contribution in [2.45, 2.75) is 24.3 Å². The van der Waals surface area contributed by atoms with Crippen LogP contribution >= 0.6 is 23.3 Å². The lowest BCUT2D eigenvalue weighted by molar-refractivity contribution is 0.726. The zero-order valence-corrected chi connectivity index (χ0v) is 9.94. The van der Waals surface area contributed by atoms with E-state index in [1.165, 1.54) is 11.5 Å². The second-order valence-corrected chi connectivity index (χ2v) is 6.21. The van der Waals surface area contributed by atoms with E-state index in [0.717, 1.165) is 18.2 Å². The summed E-state index contributed by atoms with van der Waals surface area (Å²) < 4.78 is 4.00. The highest BCUT2D eigenvalue weighted by Crippen LogP contribution is 2.29. The smallest absolute Gasteiger partial charge is 0.233 e. The van der Waals surface area contributed by atoms with E-state index in [1.54, 1.807) is 0 Å². The fourth-order valence-electron chi connectivity index (χ4n) is 1.69. The molecule has 0 bridgehead atoms. The second kappa shape index (κ2) is 3.94. The molecular weight excluding hydrogens is 216 g/mol. The van der Waals surface area contributed by atoms with Gasteiger partial charge < -0.3 is 10.6 Å². The van der Waals surface area contributed by atoms with Gasteiger partial charge in [0.2, 0.25) is 11.1 Å². The summed E-state index contributed by atoms with van der Waals surface area (Å²) in [6.07, 6.45) is 0. The van der Waals surface area contributed by atoms with Crippen LogP contribution in [0.5, 0.6) is 0 Å². The van der Waals surface area contributed by atoms with Crippen molar-refractivity contribution in [1.29, 1.82) is 0 Å². The van der Waals surface area contributed by atoms with E-state index < -0.39 is 0 Å². The maximum Gasteiger partial charge on any atom is 0.233 e. The van der Waals surface area contributed by atoms with Crippen LogP contribution < -0.4 is 10.6 Å². The normalized spacial score (nSPS) is 28.0. The van der Waals surface area contributed by atoms with Crippen molar-refractivity contribution < 1.29 is 0 Å². The molecule has 2 N–H and O–H groups in total. The summed E-state index contributed by atoms with van der Waals surface area (Å²) in [6.45, 7) is 6.59. The first kappa shape index (κ1) is 10.0. The highest BCUT2D eigenvalue weighted by atomic mass is 32.2. The standard InChI is InChI=1S/C8H14N4S2/c1-5-3-12(4-6(2)13-5)8-10-7(9)11-14-8/h5-6H,3-4H2,1-2H3,(H2,9,11). The molecule has 0 saturated carbocycles. The van der Waals surface area contributed by atoms with E-state index in [0.29, 0.717) is 16.4 Å². The zero-order chi connectivity index (χ0) is 10.1. The minimum absolute atomic E-state index is 0.392. The molecule has 0 amide bonds. The second-order valence-electron chi connectivity index (χ2n) is 3.60. The molecule has 0 radical (unpaired) electrons. The van der Waals surface area contributed by atoms with Crippen molar-refractivity contribution in [2.24, 2.45) is 0 Å². The van der Waals surface area contributed by atoms with Crippen LogP contribution in [-0.2, 0) is 0 Å². The van der Waals surface area contributed by atoms with E-state index in [2.05, 4.69) is 28.1 Å². The van der Waals surface area contributed by atoms with Crippen molar-refractivity contribution in [3.63, 3.8) is 0 Å². The summed E-state index contributed by atoms with van der Waals surface area (Å²) in [5.74, 6) is 0.392. The summed E-state index contributed by atoms with van der Waals surface area (Å²) in [4.78, 5) is 6.48. The number of thioether (sulfide) groups is 1. The lowest BCUT2D eigenvalue weighted by atomic mass is 10.3. The maximum absolute atomic E-state index is 5.51. The first-order valence-electron chi connectivity index (χ1n) is 4.64. The summed E-state index contributed by atoms with van der Waals surface area (Å²) in [6, 6.07) is 0. The summed E-state index contributed by atoms with van der Waals surface area (Å²) in [5, 5.41) is 2.27. The molecule has 1 aromatic rings. The molecule has 1 aliphatic heterocycles. The van der Waals surface area contributed by atoms with Crippen molar-refractivity contribution in [1.82, 2.24) is 9.36 Å². The molecule has 14 heavy (non-hydrogen) atoms. The number of aromatic nitrogens is 2. The van der Waals surface area contributed by atoms with Crippen LogP contribution in [0.15, 0.2) is 0 Å². The quantitative estimate of drug-likeness (QED) is 0.791. The SMILES string of the molecule is CC1CN(c2nc(N)ns2)CC(C)S1. The molecule has 0 spiro atoms. The van der Waals surface area contributed by atoms with Gasteiger partial charge in [-0.3, -0.25) is 0 Å². The molecule has 1 saturated heterocycles. The maximum atomic E-state index is 5.51. The molecule has 2 unspecified atom stereocenters. The molecular formula is C8H14N4S2. The molecule has 1 fully saturated rings. The fraction of sp³-hybridized carbons (Fsp3) is 0.750. The topological polar surface area (TPSA) is 55.0 Å². The lowest BCUT2D eigenvalue weighted by Gasteiger charge is -2.33. The van der Waals surface area contributed by atoms with Gasteiger partial charge >= 0.3 is 0 Å². The van der Waals surface area contributed by atoms with Crippen LogP contribution in [0.1, 0.15) is 13.8 Å². The Morgan fingerprint density at radius 2 is 2.00 bits per heavy atom. The molecule has 4 nitrogen and oxygen atoms in total. The summed E-state index contributed by atoms with van der Waals surface area (Å²) in [5.41, 5.74) is 5.51. The average Bonchev–Trinajstić information content (AvgIpc) is 2.50. The molecule has 0 aliphatic carbocycles. The largest absolute Gasteiger partial charge is 0.367 e. The Morgan fingerprint density at radius 3 is 2.50 bits per heavy atom. The molecule has 2 atom stereocenters. The van der Waals surface area contributed by atoms with Crippen LogP contribution in [-0.4, -0.2) is 32.9 Å². The van der Waals surface area contributed by atoms with E-state index in [1.807, 2.05) is 11.8 Å². The third-order valence-corrected chi connectivity index (χ3v) is 4.14. The highest BCUT2D eigenvalue weighted by molar-refractivity contribution is 8.00. The van der Waals surface area contributed by atoms with Gasteiger partial charge in [0.25, 0.3) is 0 Å². The van der Waals surface area contributed by atoms with Crippen LogP contribution in [0.3, 0.4) is 0 Å². The van der Waals surface area contributed by atoms with Crippen molar-refractivity contribution in [3.05, 3.63) is 0 Å². The Hall–Kier alpha value is -0.490. The highest BCUT2D eigenvalue weighted by Gasteiger charge is 2.24. The zero-order valence-electron chi connectivity index (χ0n) is 8.30. The number of hydrogen-bond donors (Lipinski definition) is 1. The summed E-state index contributed by atoms with van der Waals surface area (Å²) >= 11 is 3.42. The summed E-state index contributed by atoms with van der Waals surface area (Å²) in [7, 11) is 0. The lowest BCUT2D eigenvalue weighted by Crippen LogP contribution is -2.40. The Labute approximate surface area is 92.1 Å². The van der Waals surface area contributed by atoms with Gasteiger partial charge in [-0.2, -0.15) is 21.1 Å². The number of nitrogens with two attached hydrogens (primary N) is 1. The van der Waals surface area contributed by atoms with E-state index in [9.17, 15) is 0 Å². The van der Waals surface area contributed by atoms with Gasteiger partial charge in [0.05, 0.1) is 0 Å². The Kier molecular flexibility index (Phi) is 2.83. The van der Waals surface area contributed by atoms with Crippen LogP contribution in [0.4, 0.5) is 11.1 Å². The van der Waals surface area contributed by atoms with Crippen LogP contribution in [0, 0.1) is 0 Å². The van der Waals surface area contributed by atoms with Gasteiger partial charge in [-0.1, -0.05) is 13.8 Å². The minimum atomic E-state index is 0.392. The number of hydrogen-bond acceptors (Lipinski definition) is 6. The predicted molar refractivity (Wildman–Crippen MR) is 63.0 cm³/mol. The van der Waals surface area contributed by atoms with E-state index in [4.69, 9.17) is 5.73 Å². The van der Waals surface area contributed by atoms with Crippen molar-refractivity contribution >= 4 is 34.4 Å². The number of nitrogen functional groups attached to an aromatic ring is 1. The van der Waals surface area contributed by atoms with E-state index in [-0.39, 0.29) is 0 Å². The Morgan fingerprint density at radius 1 is 1.36 bits per heavy atom. The number of nitrogens with zero attached hydrogens (tertiary/aromatic N) is 3. The van der Waals surface area contributed by atoms with Gasteiger partial charge in [-0.05, 0) is 0 Å². The van der Waals surface area contributed by atoms with Gasteiger partial charge in [-0.25, -0.2) is 0 Å². The fourth-order valence-corrected chi connectivity index (χ4v) is 3.63. The first-order valence-corrected chi connectivity index (χ1v) is 6.36. The monoisotopic (exact) mass is 230 g/mol. The first-order chi connectivity index (χ1) is 6.65. The number of anilines is 2. The van der Waals surface area contributed by atoms with Crippen molar-refractivity contribution in [2.75, 3.05) is 23.7 Å². The molecule has 6 heteroatoms. The third kappa shape index (κ3) is 2.12. The van der Waals surface area contributed by atoms with Crippen molar-refractivity contribution in [3.8, 4) is 0 Å².